The molecule has 1 aliphatic heterocycles. The van der Waals surface area contributed by atoms with Crippen molar-refractivity contribution in [3.05, 3.63) is 47.9 Å². The summed E-state index contributed by atoms with van der Waals surface area (Å²) in [5.41, 5.74) is 3.06. The van der Waals surface area contributed by atoms with Crippen LogP contribution in [0.4, 0.5) is 0 Å². The number of sulfonamides is 1. The highest BCUT2D eigenvalue weighted by atomic mass is 32.2. The normalized spacial score (nSPS) is 18.3. The van der Waals surface area contributed by atoms with Crippen molar-refractivity contribution in [3.8, 4) is 11.1 Å². The van der Waals surface area contributed by atoms with Gasteiger partial charge in [-0.2, -0.15) is 9.40 Å². The topological polar surface area (TPSA) is 94.1 Å². The molecule has 1 saturated heterocycles. The largest absolute Gasteiger partial charge is 0.360 e. The van der Waals surface area contributed by atoms with Gasteiger partial charge in [-0.1, -0.05) is 11.2 Å². The van der Waals surface area contributed by atoms with Crippen LogP contribution in [0.5, 0.6) is 0 Å². The molecule has 1 atom stereocenters. The number of aromatic nitrogens is 4. The van der Waals surface area contributed by atoms with Crippen molar-refractivity contribution in [1.29, 1.82) is 0 Å². The van der Waals surface area contributed by atoms with Gasteiger partial charge in [-0.05, 0) is 32.8 Å². The lowest BCUT2D eigenvalue weighted by atomic mass is 10.1. The van der Waals surface area contributed by atoms with Crippen LogP contribution in [0.3, 0.4) is 0 Å². The summed E-state index contributed by atoms with van der Waals surface area (Å²) in [4.78, 5) is 4.72. The SMILES string of the molecule is Cc1noc(C)c1S(=O)(=O)N1CCCC1c1ccc(-c2cnn(C)c2)cn1. The minimum Gasteiger partial charge on any atom is -0.360 e. The van der Waals surface area contributed by atoms with Gasteiger partial charge in [0.15, 0.2) is 5.76 Å². The van der Waals surface area contributed by atoms with E-state index in [1.165, 1.54) is 4.31 Å². The second-order valence-electron chi connectivity index (χ2n) is 6.80. The van der Waals surface area contributed by atoms with Gasteiger partial charge in [0.2, 0.25) is 10.0 Å². The third kappa shape index (κ3) is 3.06. The van der Waals surface area contributed by atoms with Gasteiger partial charge >= 0.3 is 0 Å². The van der Waals surface area contributed by atoms with Crippen molar-refractivity contribution in [3.63, 3.8) is 0 Å². The molecule has 0 aromatic carbocycles. The van der Waals surface area contributed by atoms with Gasteiger partial charge in [0.05, 0.1) is 17.9 Å². The Bertz CT molecular complexity index is 1050. The van der Waals surface area contributed by atoms with Crippen molar-refractivity contribution in [1.82, 2.24) is 24.2 Å². The first-order chi connectivity index (χ1) is 12.9. The van der Waals surface area contributed by atoms with Crippen LogP contribution in [0.25, 0.3) is 11.1 Å². The van der Waals surface area contributed by atoms with Crippen molar-refractivity contribution < 1.29 is 12.9 Å². The minimum atomic E-state index is -3.69. The molecule has 0 amide bonds. The molecule has 0 N–H and O–H groups in total. The Balaban J connectivity index is 1.65. The molecule has 142 valence electrons. The molecule has 4 heterocycles. The van der Waals surface area contributed by atoms with Crippen LogP contribution in [0.15, 0.2) is 40.1 Å². The van der Waals surface area contributed by atoms with E-state index in [9.17, 15) is 8.42 Å². The van der Waals surface area contributed by atoms with Gasteiger partial charge in [0.25, 0.3) is 0 Å². The number of pyridine rings is 1. The molecule has 1 unspecified atom stereocenters. The molecular weight excluding hydrogens is 366 g/mol. The van der Waals surface area contributed by atoms with E-state index in [0.717, 1.165) is 29.7 Å². The van der Waals surface area contributed by atoms with Crippen LogP contribution in [0, 0.1) is 13.8 Å². The van der Waals surface area contributed by atoms with Gasteiger partial charge in [-0.25, -0.2) is 8.42 Å². The van der Waals surface area contributed by atoms with Crippen molar-refractivity contribution in [2.75, 3.05) is 6.54 Å². The van der Waals surface area contributed by atoms with Gasteiger partial charge in [0.1, 0.15) is 10.6 Å². The van der Waals surface area contributed by atoms with Crippen LogP contribution in [0.2, 0.25) is 0 Å². The lowest BCUT2D eigenvalue weighted by molar-refractivity contribution is 0.381. The van der Waals surface area contributed by atoms with E-state index in [-0.39, 0.29) is 10.9 Å². The van der Waals surface area contributed by atoms with E-state index in [0.29, 0.717) is 18.0 Å². The maximum absolute atomic E-state index is 13.2. The Hall–Kier alpha value is -2.52. The third-order valence-corrected chi connectivity index (χ3v) is 7.06. The molecule has 0 saturated carbocycles. The summed E-state index contributed by atoms with van der Waals surface area (Å²) in [6, 6.07) is 3.57. The predicted octanol–water partition coefficient (Wildman–Crippen LogP) is 2.61. The van der Waals surface area contributed by atoms with E-state index in [1.807, 2.05) is 25.4 Å². The molecule has 4 rings (SSSR count). The van der Waals surface area contributed by atoms with E-state index >= 15 is 0 Å². The Morgan fingerprint density at radius 1 is 1.19 bits per heavy atom. The zero-order valence-electron chi connectivity index (χ0n) is 15.5. The van der Waals surface area contributed by atoms with Crippen molar-refractivity contribution >= 4 is 10.0 Å². The number of hydrogen-bond acceptors (Lipinski definition) is 6. The maximum Gasteiger partial charge on any atom is 0.249 e. The van der Waals surface area contributed by atoms with Crippen molar-refractivity contribution in [2.45, 2.75) is 37.6 Å². The molecule has 0 bridgehead atoms. The fraction of sp³-hybridized carbons (Fsp3) is 0.389. The molecule has 1 aliphatic rings. The molecule has 0 spiro atoms. The number of rotatable bonds is 4. The highest BCUT2D eigenvalue weighted by molar-refractivity contribution is 7.89. The third-order valence-electron chi connectivity index (χ3n) is 4.90. The summed E-state index contributed by atoms with van der Waals surface area (Å²) in [5, 5.41) is 7.96. The van der Waals surface area contributed by atoms with E-state index in [4.69, 9.17) is 4.52 Å². The number of hydrogen-bond donors (Lipinski definition) is 0. The number of nitrogens with zero attached hydrogens (tertiary/aromatic N) is 5. The summed E-state index contributed by atoms with van der Waals surface area (Å²) in [7, 11) is -1.83. The zero-order chi connectivity index (χ0) is 19.2. The molecule has 3 aromatic heterocycles. The second kappa shape index (κ2) is 6.58. The van der Waals surface area contributed by atoms with E-state index in [1.54, 1.807) is 30.9 Å². The maximum atomic E-state index is 13.2. The Kier molecular flexibility index (Phi) is 4.35. The molecule has 1 fully saturated rings. The zero-order valence-corrected chi connectivity index (χ0v) is 16.3. The molecular formula is C18H21N5O3S. The first-order valence-corrected chi connectivity index (χ1v) is 10.2. The minimum absolute atomic E-state index is 0.168. The Morgan fingerprint density at radius 2 is 2.00 bits per heavy atom. The fourth-order valence-electron chi connectivity index (χ4n) is 3.63. The molecule has 9 heteroatoms. The smallest absolute Gasteiger partial charge is 0.249 e. The second-order valence-corrected chi connectivity index (χ2v) is 8.63. The average Bonchev–Trinajstić information content (AvgIpc) is 3.35. The Morgan fingerprint density at radius 3 is 2.59 bits per heavy atom. The standard InChI is InChI=1S/C18H21N5O3S/c1-12-18(13(2)26-21-12)27(24,25)23-8-4-5-17(23)16-7-6-14(9-19-16)15-10-20-22(3)11-15/h6-7,9-11,17H,4-5,8H2,1-3H3. The van der Waals surface area contributed by atoms with Crippen LogP contribution >= 0.6 is 0 Å². The van der Waals surface area contributed by atoms with Crippen LogP contribution in [0.1, 0.15) is 36.0 Å². The van der Waals surface area contributed by atoms with Gasteiger partial charge in [0, 0.05) is 37.1 Å². The fourth-order valence-corrected chi connectivity index (χ4v) is 5.59. The highest BCUT2D eigenvalue weighted by Crippen LogP contribution is 2.37. The number of aryl methyl sites for hydroxylation is 3. The first-order valence-electron chi connectivity index (χ1n) is 8.77. The summed E-state index contributed by atoms with van der Waals surface area (Å²) in [5.74, 6) is 0.318. The lowest BCUT2D eigenvalue weighted by Gasteiger charge is -2.23. The van der Waals surface area contributed by atoms with Crippen LogP contribution < -0.4 is 0 Å². The monoisotopic (exact) mass is 387 g/mol. The Labute approximate surface area is 157 Å². The highest BCUT2D eigenvalue weighted by Gasteiger charge is 2.39. The van der Waals surface area contributed by atoms with Gasteiger partial charge in [-0.15, -0.1) is 0 Å². The quantitative estimate of drug-likeness (QED) is 0.683. The predicted molar refractivity (Wildman–Crippen MR) is 98.3 cm³/mol. The molecule has 8 nitrogen and oxygen atoms in total. The van der Waals surface area contributed by atoms with Gasteiger partial charge in [-0.3, -0.25) is 9.67 Å². The first kappa shape index (κ1) is 17.9. The lowest BCUT2D eigenvalue weighted by Crippen LogP contribution is -2.31. The molecule has 0 aliphatic carbocycles. The molecule has 27 heavy (non-hydrogen) atoms. The average molecular weight is 387 g/mol. The molecule has 3 aromatic rings. The van der Waals surface area contributed by atoms with Crippen molar-refractivity contribution in [2.24, 2.45) is 7.05 Å². The van der Waals surface area contributed by atoms with Crippen LogP contribution in [-0.4, -0.2) is 39.2 Å². The van der Waals surface area contributed by atoms with E-state index in [2.05, 4.69) is 15.2 Å². The molecule has 0 radical (unpaired) electrons. The summed E-state index contributed by atoms with van der Waals surface area (Å²) in [6.07, 6.45) is 6.99. The summed E-state index contributed by atoms with van der Waals surface area (Å²) >= 11 is 0. The van der Waals surface area contributed by atoms with Gasteiger partial charge < -0.3 is 4.52 Å². The summed E-state index contributed by atoms with van der Waals surface area (Å²) in [6.45, 7) is 3.73. The van der Waals surface area contributed by atoms with Crippen LogP contribution in [-0.2, 0) is 17.1 Å². The van der Waals surface area contributed by atoms with E-state index < -0.39 is 10.0 Å². The summed E-state index contributed by atoms with van der Waals surface area (Å²) < 4.78 is 34.7.